The Hall–Kier alpha value is -1.26. The van der Waals surface area contributed by atoms with E-state index in [0.717, 1.165) is 17.5 Å². The fourth-order valence-electron chi connectivity index (χ4n) is 1.88. The number of nitrogens with zero attached hydrogens (tertiary/aromatic N) is 1. The molecule has 0 aliphatic heterocycles. The van der Waals surface area contributed by atoms with Crippen LogP contribution in [0.3, 0.4) is 0 Å². The van der Waals surface area contributed by atoms with E-state index in [-0.39, 0.29) is 11.9 Å². The molecule has 1 heterocycles. The van der Waals surface area contributed by atoms with Crippen LogP contribution in [0.5, 0.6) is 0 Å². The van der Waals surface area contributed by atoms with E-state index in [4.69, 9.17) is 5.73 Å². The number of hydrogen-bond acceptors (Lipinski definition) is 2. The second kappa shape index (κ2) is 6.07. The minimum absolute atomic E-state index is 0.0488. The SMILES string of the molecule is NC(Cc1cccnc1)Cc1cccc(F)c1Br. The normalized spacial score (nSPS) is 12.4. The molecule has 4 heteroatoms. The zero-order chi connectivity index (χ0) is 13.0. The molecule has 0 bridgehead atoms. The Morgan fingerprint density at radius 2 is 2.06 bits per heavy atom. The van der Waals surface area contributed by atoms with E-state index in [1.165, 1.54) is 6.07 Å². The van der Waals surface area contributed by atoms with Gasteiger partial charge < -0.3 is 5.73 Å². The number of rotatable bonds is 4. The van der Waals surface area contributed by atoms with Crippen molar-refractivity contribution >= 4 is 15.9 Å². The molecule has 0 amide bonds. The number of benzene rings is 1. The highest BCUT2D eigenvalue weighted by molar-refractivity contribution is 9.10. The lowest BCUT2D eigenvalue weighted by Gasteiger charge is -2.13. The van der Waals surface area contributed by atoms with E-state index in [0.29, 0.717) is 10.9 Å². The highest BCUT2D eigenvalue weighted by atomic mass is 79.9. The van der Waals surface area contributed by atoms with E-state index >= 15 is 0 Å². The van der Waals surface area contributed by atoms with Crippen LogP contribution in [0.4, 0.5) is 4.39 Å². The van der Waals surface area contributed by atoms with Gasteiger partial charge >= 0.3 is 0 Å². The van der Waals surface area contributed by atoms with Crippen LogP contribution in [0.25, 0.3) is 0 Å². The first-order chi connectivity index (χ1) is 8.66. The van der Waals surface area contributed by atoms with E-state index < -0.39 is 0 Å². The van der Waals surface area contributed by atoms with Gasteiger partial charge in [0.15, 0.2) is 0 Å². The van der Waals surface area contributed by atoms with Gasteiger partial charge in [-0.2, -0.15) is 0 Å². The molecule has 0 fully saturated rings. The second-order valence-electron chi connectivity index (χ2n) is 4.24. The number of nitrogens with two attached hydrogens (primary N) is 1. The van der Waals surface area contributed by atoms with Crippen molar-refractivity contribution in [3.63, 3.8) is 0 Å². The van der Waals surface area contributed by atoms with Crippen LogP contribution in [-0.2, 0) is 12.8 Å². The predicted octanol–water partition coefficient (Wildman–Crippen LogP) is 3.10. The minimum Gasteiger partial charge on any atom is -0.327 e. The first-order valence-electron chi connectivity index (χ1n) is 5.74. The lowest BCUT2D eigenvalue weighted by molar-refractivity contribution is 0.610. The summed E-state index contributed by atoms with van der Waals surface area (Å²) in [6.45, 7) is 0. The Labute approximate surface area is 114 Å². The van der Waals surface area contributed by atoms with Gasteiger partial charge in [0, 0.05) is 18.4 Å². The number of hydrogen-bond donors (Lipinski definition) is 1. The summed E-state index contributed by atoms with van der Waals surface area (Å²) in [5, 5.41) is 0. The van der Waals surface area contributed by atoms with Crippen molar-refractivity contribution < 1.29 is 4.39 Å². The van der Waals surface area contributed by atoms with E-state index in [1.54, 1.807) is 18.5 Å². The summed E-state index contributed by atoms with van der Waals surface area (Å²) in [4.78, 5) is 4.05. The summed E-state index contributed by atoms with van der Waals surface area (Å²) in [5.41, 5.74) is 8.08. The smallest absolute Gasteiger partial charge is 0.137 e. The topological polar surface area (TPSA) is 38.9 Å². The molecule has 18 heavy (non-hydrogen) atoms. The van der Waals surface area contributed by atoms with Gasteiger partial charge in [-0.25, -0.2) is 4.39 Å². The Balaban J connectivity index is 2.03. The number of aromatic nitrogens is 1. The maximum atomic E-state index is 13.4. The van der Waals surface area contributed by atoms with Gasteiger partial charge in [0.05, 0.1) is 4.47 Å². The number of halogens is 2. The molecule has 1 unspecified atom stereocenters. The zero-order valence-corrected chi connectivity index (χ0v) is 11.4. The molecule has 2 rings (SSSR count). The Kier molecular flexibility index (Phi) is 4.44. The van der Waals surface area contributed by atoms with Gasteiger partial charge in [0.2, 0.25) is 0 Å². The zero-order valence-electron chi connectivity index (χ0n) is 9.81. The molecule has 0 saturated carbocycles. The molecule has 2 aromatic rings. The summed E-state index contributed by atoms with van der Waals surface area (Å²) < 4.78 is 13.9. The molecule has 0 aliphatic carbocycles. The molecule has 0 aliphatic rings. The van der Waals surface area contributed by atoms with E-state index in [1.807, 2.05) is 18.2 Å². The van der Waals surface area contributed by atoms with Crippen molar-refractivity contribution in [1.82, 2.24) is 4.98 Å². The monoisotopic (exact) mass is 308 g/mol. The van der Waals surface area contributed by atoms with Crippen LogP contribution in [-0.4, -0.2) is 11.0 Å². The van der Waals surface area contributed by atoms with Gasteiger partial charge in [-0.1, -0.05) is 18.2 Å². The highest BCUT2D eigenvalue weighted by Gasteiger charge is 2.10. The van der Waals surface area contributed by atoms with Crippen molar-refractivity contribution in [2.45, 2.75) is 18.9 Å². The Bertz CT molecular complexity index is 516. The van der Waals surface area contributed by atoms with Crippen LogP contribution in [0.15, 0.2) is 47.2 Å². The Morgan fingerprint density at radius 3 is 2.78 bits per heavy atom. The average molecular weight is 309 g/mol. The van der Waals surface area contributed by atoms with Gasteiger partial charge in [0.1, 0.15) is 5.82 Å². The molecule has 1 aromatic carbocycles. The fraction of sp³-hybridized carbons (Fsp3) is 0.214. The van der Waals surface area contributed by atoms with Crippen molar-refractivity contribution in [1.29, 1.82) is 0 Å². The molecular formula is C14H14BrFN2. The van der Waals surface area contributed by atoms with Crippen molar-refractivity contribution in [3.05, 3.63) is 64.1 Å². The maximum absolute atomic E-state index is 13.4. The highest BCUT2D eigenvalue weighted by Crippen LogP contribution is 2.21. The second-order valence-corrected chi connectivity index (χ2v) is 5.04. The molecule has 2 nitrogen and oxygen atoms in total. The van der Waals surface area contributed by atoms with E-state index in [2.05, 4.69) is 20.9 Å². The van der Waals surface area contributed by atoms with Gasteiger partial charge in [-0.15, -0.1) is 0 Å². The molecule has 0 saturated heterocycles. The average Bonchev–Trinajstić information content (AvgIpc) is 2.36. The van der Waals surface area contributed by atoms with Gasteiger partial charge in [-0.05, 0) is 52.0 Å². The van der Waals surface area contributed by atoms with E-state index in [9.17, 15) is 4.39 Å². The van der Waals surface area contributed by atoms with Crippen molar-refractivity contribution in [2.24, 2.45) is 5.73 Å². The molecule has 1 atom stereocenters. The third-order valence-electron chi connectivity index (χ3n) is 2.73. The summed E-state index contributed by atoms with van der Waals surface area (Å²) >= 11 is 3.25. The summed E-state index contributed by atoms with van der Waals surface area (Å²) in [6.07, 6.45) is 4.91. The predicted molar refractivity (Wildman–Crippen MR) is 73.7 cm³/mol. The summed E-state index contributed by atoms with van der Waals surface area (Å²) in [7, 11) is 0. The summed E-state index contributed by atoms with van der Waals surface area (Å²) in [6, 6.07) is 8.85. The van der Waals surface area contributed by atoms with Crippen LogP contribution in [0.2, 0.25) is 0 Å². The maximum Gasteiger partial charge on any atom is 0.137 e. The number of pyridine rings is 1. The fourth-order valence-corrected chi connectivity index (χ4v) is 2.31. The van der Waals surface area contributed by atoms with Crippen LogP contribution in [0.1, 0.15) is 11.1 Å². The molecule has 0 radical (unpaired) electrons. The lowest BCUT2D eigenvalue weighted by Crippen LogP contribution is -2.25. The molecule has 2 N–H and O–H groups in total. The third-order valence-corrected chi connectivity index (χ3v) is 3.62. The first-order valence-corrected chi connectivity index (χ1v) is 6.53. The van der Waals surface area contributed by atoms with Gasteiger partial charge in [-0.3, -0.25) is 4.98 Å². The quantitative estimate of drug-likeness (QED) is 0.942. The van der Waals surface area contributed by atoms with Gasteiger partial charge in [0.25, 0.3) is 0 Å². The summed E-state index contributed by atoms with van der Waals surface area (Å²) in [5.74, 6) is -0.249. The van der Waals surface area contributed by atoms with Crippen LogP contribution < -0.4 is 5.73 Å². The Morgan fingerprint density at radius 1 is 1.22 bits per heavy atom. The van der Waals surface area contributed by atoms with Crippen molar-refractivity contribution in [3.8, 4) is 0 Å². The van der Waals surface area contributed by atoms with Crippen LogP contribution >= 0.6 is 15.9 Å². The molecule has 0 spiro atoms. The lowest BCUT2D eigenvalue weighted by atomic mass is 10.0. The largest absolute Gasteiger partial charge is 0.327 e. The molecule has 94 valence electrons. The molecule has 1 aromatic heterocycles. The minimum atomic E-state index is -0.249. The standard InChI is InChI=1S/C14H14BrFN2/c15-14-11(4-1-5-13(14)16)8-12(17)7-10-3-2-6-18-9-10/h1-6,9,12H,7-8,17H2. The van der Waals surface area contributed by atoms with Crippen LogP contribution in [0, 0.1) is 5.82 Å². The van der Waals surface area contributed by atoms with Crippen molar-refractivity contribution in [2.75, 3.05) is 0 Å². The first kappa shape index (κ1) is 13.2. The third kappa shape index (κ3) is 3.37. The molecular weight excluding hydrogens is 295 g/mol.